The standard InChI is InChI=1S/C19H12BrCl2F3O4/c1-2-18(19(23,24)25)11(17(26)27)5-9-6-12(21)16(8-15(9)29-18)28-14-4-3-10(20)7-13(14)22/h3-8H,2H2,1H3,(H,26,27). The maximum absolute atomic E-state index is 13.8. The summed E-state index contributed by atoms with van der Waals surface area (Å²) in [5.74, 6) is -1.70. The Balaban J connectivity index is 2.11. The van der Waals surface area contributed by atoms with Gasteiger partial charge in [-0.1, -0.05) is 46.1 Å². The van der Waals surface area contributed by atoms with E-state index in [4.69, 9.17) is 32.7 Å². The first-order chi connectivity index (χ1) is 13.5. The van der Waals surface area contributed by atoms with Crippen LogP contribution < -0.4 is 9.47 Å². The Kier molecular flexibility index (Phi) is 5.82. The topological polar surface area (TPSA) is 55.8 Å². The smallest absolute Gasteiger partial charge is 0.432 e. The second-order valence-electron chi connectivity index (χ2n) is 6.14. The van der Waals surface area contributed by atoms with Gasteiger partial charge in [0.05, 0.1) is 15.6 Å². The molecule has 0 spiro atoms. The van der Waals surface area contributed by atoms with Crippen molar-refractivity contribution < 1.29 is 32.5 Å². The summed E-state index contributed by atoms with van der Waals surface area (Å²) >= 11 is 15.5. The Hall–Kier alpha value is -1.90. The third kappa shape index (κ3) is 3.93. The summed E-state index contributed by atoms with van der Waals surface area (Å²) in [7, 11) is 0. The van der Waals surface area contributed by atoms with E-state index in [2.05, 4.69) is 15.9 Å². The highest BCUT2D eigenvalue weighted by Gasteiger charge is 2.62. The second kappa shape index (κ2) is 7.74. The van der Waals surface area contributed by atoms with E-state index >= 15 is 0 Å². The summed E-state index contributed by atoms with van der Waals surface area (Å²) in [6.07, 6.45) is -4.68. The zero-order chi connectivity index (χ0) is 21.6. The molecule has 1 aliphatic heterocycles. The van der Waals surface area contributed by atoms with Crippen LogP contribution >= 0.6 is 39.1 Å². The average Bonchev–Trinajstić information content (AvgIpc) is 2.62. The predicted octanol–water partition coefficient (Wildman–Crippen LogP) is 7.12. The lowest BCUT2D eigenvalue weighted by atomic mass is 9.85. The molecular formula is C19H12BrCl2F3O4. The van der Waals surface area contributed by atoms with Gasteiger partial charge in [0.15, 0.2) is 0 Å². The number of halogens is 6. The van der Waals surface area contributed by atoms with Crippen LogP contribution in [-0.4, -0.2) is 22.9 Å². The fourth-order valence-electron chi connectivity index (χ4n) is 2.93. The van der Waals surface area contributed by atoms with Crippen LogP contribution in [0, 0.1) is 0 Å². The van der Waals surface area contributed by atoms with Crippen LogP contribution in [0.3, 0.4) is 0 Å². The minimum atomic E-state index is -4.96. The van der Waals surface area contributed by atoms with E-state index in [1.54, 1.807) is 18.2 Å². The maximum atomic E-state index is 13.8. The minimum absolute atomic E-state index is 0.00833. The first-order valence-corrected chi connectivity index (χ1v) is 9.71. The lowest BCUT2D eigenvalue weighted by molar-refractivity contribution is -0.236. The highest BCUT2D eigenvalue weighted by Crippen LogP contribution is 2.49. The van der Waals surface area contributed by atoms with Crippen molar-refractivity contribution in [3.05, 3.63) is 56.0 Å². The van der Waals surface area contributed by atoms with Gasteiger partial charge in [0.1, 0.15) is 17.2 Å². The fourth-order valence-corrected chi connectivity index (χ4v) is 3.85. The summed E-state index contributed by atoms with van der Waals surface area (Å²) < 4.78 is 53.0. The zero-order valence-electron chi connectivity index (χ0n) is 14.6. The molecular weight excluding hydrogens is 500 g/mol. The summed E-state index contributed by atoms with van der Waals surface area (Å²) in [5.41, 5.74) is -3.82. The molecule has 10 heteroatoms. The molecule has 0 saturated carbocycles. The van der Waals surface area contributed by atoms with E-state index in [0.717, 1.165) is 6.08 Å². The molecule has 0 fully saturated rings. The number of rotatable bonds is 4. The van der Waals surface area contributed by atoms with Crippen LogP contribution in [0.25, 0.3) is 6.08 Å². The summed E-state index contributed by atoms with van der Waals surface area (Å²) in [5, 5.41) is 9.64. The van der Waals surface area contributed by atoms with Crippen molar-refractivity contribution in [1.82, 2.24) is 0 Å². The van der Waals surface area contributed by atoms with E-state index in [0.29, 0.717) is 4.47 Å². The largest absolute Gasteiger partial charge is 0.478 e. The van der Waals surface area contributed by atoms with Gasteiger partial charge in [-0.2, -0.15) is 13.2 Å². The van der Waals surface area contributed by atoms with Crippen LogP contribution in [0.4, 0.5) is 13.2 Å². The summed E-state index contributed by atoms with van der Waals surface area (Å²) in [6, 6.07) is 7.25. The number of alkyl halides is 3. The number of ether oxygens (including phenoxy) is 2. The van der Waals surface area contributed by atoms with E-state index in [9.17, 15) is 23.1 Å². The van der Waals surface area contributed by atoms with Crippen LogP contribution in [0.2, 0.25) is 10.0 Å². The summed E-state index contributed by atoms with van der Waals surface area (Å²) in [6.45, 7) is 1.20. The van der Waals surface area contributed by atoms with Gasteiger partial charge in [-0.05, 0) is 36.8 Å². The molecule has 4 nitrogen and oxygen atoms in total. The highest BCUT2D eigenvalue weighted by atomic mass is 79.9. The molecule has 0 aliphatic carbocycles. The number of carboxylic acids is 1. The Morgan fingerprint density at radius 2 is 1.86 bits per heavy atom. The van der Waals surface area contributed by atoms with Crippen LogP contribution in [0.1, 0.15) is 18.9 Å². The predicted molar refractivity (Wildman–Crippen MR) is 106 cm³/mol. The van der Waals surface area contributed by atoms with Crippen molar-refractivity contribution in [3.63, 3.8) is 0 Å². The van der Waals surface area contributed by atoms with Crippen LogP contribution in [0.15, 0.2) is 40.4 Å². The van der Waals surface area contributed by atoms with Gasteiger partial charge in [-0.3, -0.25) is 0 Å². The van der Waals surface area contributed by atoms with E-state index < -0.39 is 29.7 Å². The molecule has 3 rings (SSSR count). The van der Waals surface area contributed by atoms with Crippen molar-refractivity contribution in [2.24, 2.45) is 0 Å². The molecule has 1 N–H and O–H groups in total. The van der Waals surface area contributed by atoms with Crippen LogP contribution in [0.5, 0.6) is 17.2 Å². The first kappa shape index (κ1) is 21.8. The number of hydrogen-bond acceptors (Lipinski definition) is 3. The van der Waals surface area contributed by atoms with E-state index in [-0.39, 0.29) is 32.9 Å². The maximum Gasteiger partial charge on any atom is 0.432 e. The third-order valence-corrected chi connectivity index (χ3v) is 5.47. The first-order valence-electron chi connectivity index (χ1n) is 8.16. The van der Waals surface area contributed by atoms with Crippen molar-refractivity contribution >= 4 is 51.2 Å². The molecule has 154 valence electrons. The van der Waals surface area contributed by atoms with Crippen LogP contribution in [-0.2, 0) is 4.79 Å². The fraction of sp³-hybridized carbons (Fsp3) is 0.211. The van der Waals surface area contributed by atoms with Crippen molar-refractivity contribution in [2.75, 3.05) is 0 Å². The minimum Gasteiger partial charge on any atom is -0.478 e. The Bertz CT molecular complexity index is 1020. The van der Waals surface area contributed by atoms with E-state index in [1.807, 2.05) is 0 Å². The lowest BCUT2D eigenvalue weighted by Crippen LogP contribution is -2.54. The molecule has 0 bridgehead atoms. The van der Waals surface area contributed by atoms with Gasteiger partial charge < -0.3 is 14.6 Å². The molecule has 0 radical (unpaired) electrons. The SMILES string of the molecule is CCC1(C(F)(F)F)Oc2cc(Oc3ccc(Br)cc3Cl)c(Cl)cc2C=C1C(=O)O. The van der Waals surface area contributed by atoms with E-state index in [1.165, 1.54) is 19.1 Å². The van der Waals surface area contributed by atoms with Gasteiger partial charge in [-0.25, -0.2) is 4.79 Å². The molecule has 0 saturated heterocycles. The molecule has 29 heavy (non-hydrogen) atoms. The molecule has 1 heterocycles. The number of carboxylic acid groups (broad SMARTS) is 1. The number of fused-ring (bicyclic) bond motifs is 1. The molecule has 1 unspecified atom stereocenters. The molecule has 0 aromatic heterocycles. The number of carbonyl (C=O) groups is 1. The molecule has 1 aliphatic rings. The summed E-state index contributed by atoms with van der Waals surface area (Å²) in [4.78, 5) is 11.5. The third-order valence-electron chi connectivity index (χ3n) is 4.38. The van der Waals surface area contributed by atoms with Gasteiger partial charge in [0.2, 0.25) is 5.60 Å². The average molecular weight is 512 g/mol. The molecule has 2 aromatic carbocycles. The normalized spacial score (nSPS) is 18.5. The molecule has 2 aromatic rings. The van der Waals surface area contributed by atoms with Crippen molar-refractivity contribution in [3.8, 4) is 17.2 Å². The highest BCUT2D eigenvalue weighted by molar-refractivity contribution is 9.10. The second-order valence-corrected chi connectivity index (χ2v) is 7.87. The Morgan fingerprint density at radius 1 is 1.21 bits per heavy atom. The van der Waals surface area contributed by atoms with Gasteiger partial charge in [0, 0.05) is 16.1 Å². The molecule has 1 atom stereocenters. The monoisotopic (exact) mass is 510 g/mol. The Morgan fingerprint density at radius 3 is 2.41 bits per heavy atom. The van der Waals surface area contributed by atoms with Gasteiger partial charge in [-0.15, -0.1) is 0 Å². The number of aliphatic carboxylic acids is 1. The Labute approximate surface area is 182 Å². The number of benzene rings is 2. The van der Waals surface area contributed by atoms with Gasteiger partial charge >= 0.3 is 12.1 Å². The van der Waals surface area contributed by atoms with Crippen molar-refractivity contribution in [1.29, 1.82) is 0 Å². The van der Waals surface area contributed by atoms with Crippen molar-refractivity contribution in [2.45, 2.75) is 25.1 Å². The molecule has 0 amide bonds. The number of hydrogen-bond donors (Lipinski definition) is 1. The quantitative estimate of drug-likeness (QED) is 0.474. The van der Waals surface area contributed by atoms with Gasteiger partial charge in [0.25, 0.3) is 0 Å². The zero-order valence-corrected chi connectivity index (χ0v) is 17.7. The lowest BCUT2D eigenvalue weighted by Gasteiger charge is -2.38.